The lowest BCUT2D eigenvalue weighted by Gasteiger charge is -2.21. The van der Waals surface area contributed by atoms with Gasteiger partial charge in [-0.1, -0.05) is 41.1 Å². The average molecular weight is 336 g/mol. The van der Waals surface area contributed by atoms with E-state index < -0.39 is 0 Å². The van der Waals surface area contributed by atoms with E-state index in [0.29, 0.717) is 0 Å². The average Bonchev–Trinajstić information content (AvgIpc) is 2.42. The van der Waals surface area contributed by atoms with Gasteiger partial charge in [-0.2, -0.15) is 0 Å². The standard InChI is InChI=1S/C17H19BrFN/c1-3-10-20-17(13-4-6-14(18)7-5-13)16-9-8-15(19)11-12(16)2/h4-9,11,17,20H,3,10H2,1-2H3. The summed E-state index contributed by atoms with van der Waals surface area (Å²) >= 11 is 3.46. The molecule has 0 fully saturated rings. The van der Waals surface area contributed by atoms with Gasteiger partial charge in [-0.05, 0) is 60.8 Å². The molecule has 0 aliphatic carbocycles. The minimum atomic E-state index is -0.184. The van der Waals surface area contributed by atoms with Crippen molar-refractivity contribution in [2.45, 2.75) is 26.3 Å². The van der Waals surface area contributed by atoms with Crippen LogP contribution in [0.5, 0.6) is 0 Å². The molecule has 1 unspecified atom stereocenters. The monoisotopic (exact) mass is 335 g/mol. The van der Waals surface area contributed by atoms with Crippen LogP contribution in [0.15, 0.2) is 46.9 Å². The van der Waals surface area contributed by atoms with Gasteiger partial charge in [-0.25, -0.2) is 4.39 Å². The zero-order chi connectivity index (χ0) is 14.5. The maximum absolute atomic E-state index is 13.3. The van der Waals surface area contributed by atoms with Crippen LogP contribution in [-0.4, -0.2) is 6.54 Å². The smallest absolute Gasteiger partial charge is 0.123 e. The third-order valence-electron chi connectivity index (χ3n) is 3.34. The first-order valence-corrected chi connectivity index (χ1v) is 7.66. The summed E-state index contributed by atoms with van der Waals surface area (Å²) in [6, 6.07) is 13.4. The van der Waals surface area contributed by atoms with Crippen LogP contribution in [0, 0.1) is 12.7 Å². The summed E-state index contributed by atoms with van der Waals surface area (Å²) in [7, 11) is 0. The summed E-state index contributed by atoms with van der Waals surface area (Å²) in [5.74, 6) is -0.184. The molecule has 1 nitrogen and oxygen atoms in total. The number of nitrogens with one attached hydrogen (secondary N) is 1. The number of aryl methyl sites for hydroxylation is 1. The second-order valence-corrected chi connectivity index (χ2v) is 5.86. The highest BCUT2D eigenvalue weighted by atomic mass is 79.9. The molecule has 3 heteroatoms. The molecular formula is C17H19BrFN. The second kappa shape index (κ2) is 7.00. The number of halogens is 2. The van der Waals surface area contributed by atoms with Crippen LogP contribution in [-0.2, 0) is 0 Å². The van der Waals surface area contributed by atoms with Crippen molar-refractivity contribution in [3.8, 4) is 0 Å². The molecule has 0 saturated heterocycles. The lowest BCUT2D eigenvalue weighted by Crippen LogP contribution is -2.24. The Balaban J connectivity index is 2.38. The highest BCUT2D eigenvalue weighted by molar-refractivity contribution is 9.10. The van der Waals surface area contributed by atoms with Gasteiger partial charge in [0.05, 0.1) is 6.04 Å². The molecule has 0 spiro atoms. The van der Waals surface area contributed by atoms with E-state index in [-0.39, 0.29) is 11.9 Å². The van der Waals surface area contributed by atoms with E-state index in [9.17, 15) is 4.39 Å². The van der Waals surface area contributed by atoms with Crippen molar-refractivity contribution in [3.63, 3.8) is 0 Å². The van der Waals surface area contributed by atoms with Gasteiger partial charge in [-0.15, -0.1) is 0 Å². The minimum absolute atomic E-state index is 0.101. The van der Waals surface area contributed by atoms with Crippen molar-refractivity contribution in [1.82, 2.24) is 5.32 Å². The number of rotatable bonds is 5. The molecule has 1 atom stereocenters. The lowest BCUT2D eigenvalue weighted by molar-refractivity contribution is 0.590. The van der Waals surface area contributed by atoms with E-state index in [2.05, 4.69) is 40.3 Å². The normalized spacial score (nSPS) is 12.4. The molecule has 2 rings (SSSR count). The Morgan fingerprint density at radius 3 is 2.45 bits per heavy atom. The van der Waals surface area contributed by atoms with Crippen molar-refractivity contribution in [2.24, 2.45) is 0 Å². The first-order chi connectivity index (χ1) is 9.61. The minimum Gasteiger partial charge on any atom is -0.306 e. The van der Waals surface area contributed by atoms with E-state index in [1.165, 1.54) is 11.6 Å². The molecule has 2 aromatic rings. The molecule has 0 amide bonds. The van der Waals surface area contributed by atoms with Crippen LogP contribution < -0.4 is 5.32 Å². The highest BCUT2D eigenvalue weighted by Gasteiger charge is 2.15. The topological polar surface area (TPSA) is 12.0 Å². The van der Waals surface area contributed by atoms with Gasteiger partial charge in [0.1, 0.15) is 5.82 Å². The predicted molar refractivity (Wildman–Crippen MR) is 85.4 cm³/mol. The molecule has 0 aromatic heterocycles. The first-order valence-electron chi connectivity index (χ1n) is 6.86. The Morgan fingerprint density at radius 1 is 1.15 bits per heavy atom. The quantitative estimate of drug-likeness (QED) is 0.811. The van der Waals surface area contributed by atoms with Gasteiger partial charge in [0.15, 0.2) is 0 Å². The fourth-order valence-corrected chi connectivity index (χ4v) is 2.58. The lowest BCUT2D eigenvalue weighted by atomic mass is 9.95. The van der Waals surface area contributed by atoms with Crippen LogP contribution in [0.2, 0.25) is 0 Å². The summed E-state index contributed by atoms with van der Waals surface area (Å²) in [4.78, 5) is 0. The first kappa shape index (κ1) is 15.2. The largest absolute Gasteiger partial charge is 0.306 e. The summed E-state index contributed by atoms with van der Waals surface area (Å²) in [6.45, 7) is 5.03. The van der Waals surface area contributed by atoms with Crippen LogP contribution in [0.1, 0.15) is 36.1 Å². The number of benzene rings is 2. The van der Waals surface area contributed by atoms with E-state index in [0.717, 1.165) is 28.6 Å². The summed E-state index contributed by atoms with van der Waals surface area (Å²) in [5, 5.41) is 3.54. The maximum Gasteiger partial charge on any atom is 0.123 e. The van der Waals surface area contributed by atoms with Crippen molar-refractivity contribution in [3.05, 3.63) is 69.4 Å². The fraction of sp³-hybridized carbons (Fsp3) is 0.294. The van der Waals surface area contributed by atoms with Crippen molar-refractivity contribution < 1.29 is 4.39 Å². The van der Waals surface area contributed by atoms with E-state index >= 15 is 0 Å². The SMILES string of the molecule is CCCNC(c1ccc(Br)cc1)c1ccc(F)cc1C. The van der Waals surface area contributed by atoms with Crippen molar-refractivity contribution >= 4 is 15.9 Å². The molecular weight excluding hydrogens is 317 g/mol. The summed E-state index contributed by atoms with van der Waals surface area (Å²) in [6.07, 6.45) is 1.06. The maximum atomic E-state index is 13.3. The predicted octanol–water partition coefficient (Wildman–Crippen LogP) is 4.99. The fourth-order valence-electron chi connectivity index (χ4n) is 2.31. The highest BCUT2D eigenvalue weighted by Crippen LogP contribution is 2.26. The Bertz CT molecular complexity index is 566. The molecule has 2 aromatic carbocycles. The molecule has 0 bridgehead atoms. The van der Waals surface area contributed by atoms with Crippen LogP contribution in [0.4, 0.5) is 4.39 Å². The zero-order valence-corrected chi connectivity index (χ0v) is 13.4. The molecule has 20 heavy (non-hydrogen) atoms. The molecule has 0 aliphatic heterocycles. The number of hydrogen-bond donors (Lipinski definition) is 1. The summed E-state index contributed by atoms with van der Waals surface area (Å²) in [5.41, 5.74) is 3.29. The molecule has 0 radical (unpaired) electrons. The Labute approximate surface area is 128 Å². The van der Waals surface area contributed by atoms with Crippen LogP contribution in [0.25, 0.3) is 0 Å². The van der Waals surface area contributed by atoms with Gasteiger partial charge in [0.2, 0.25) is 0 Å². The number of hydrogen-bond acceptors (Lipinski definition) is 1. The van der Waals surface area contributed by atoms with Gasteiger partial charge in [0, 0.05) is 4.47 Å². The van der Waals surface area contributed by atoms with Gasteiger partial charge in [0.25, 0.3) is 0 Å². The van der Waals surface area contributed by atoms with Crippen LogP contribution in [0.3, 0.4) is 0 Å². The molecule has 0 heterocycles. The second-order valence-electron chi connectivity index (χ2n) is 4.94. The van der Waals surface area contributed by atoms with Crippen molar-refractivity contribution in [1.29, 1.82) is 0 Å². The molecule has 106 valence electrons. The third kappa shape index (κ3) is 3.68. The van der Waals surface area contributed by atoms with Crippen LogP contribution >= 0.6 is 15.9 Å². The Morgan fingerprint density at radius 2 is 1.85 bits per heavy atom. The third-order valence-corrected chi connectivity index (χ3v) is 3.87. The Kier molecular flexibility index (Phi) is 5.32. The van der Waals surface area contributed by atoms with E-state index in [1.54, 1.807) is 6.07 Å². The van der Waals surface area contributed by atoms with Crippen molar-refractivity contribution in [2.75, 3.05) is 6.54 Å². The molecule has 1 N–H and O–H groups in total. The van der Waals surface area contributed by atoms with E-state index in [1.807, 2.05) is 25.1 Å². The van der Waals surface area contributed by atoms with Gasteiger partial charge < -0.3 is 5.32 Å². The molecule has 0 saturated carbocycles. The van der Waals surface area contributed by atoms with Gasteiger partial charge in [-0.3, -0.25) is 0 Å². The zero-order valence-electron chi connectivity index (χ0n) is 11.8. The summed E-state index contributed by atoms with van der Waals surface area (Å²) < 4.78 is 14.4. The molecule has 0 aliphatic rings. The Hall–Kier alpha value is -1.19. The van der Waals surface area contributed by atoms with Gasteiger partial charge >= 0.3 is 0 Å². The van der Waals surface area contributed by atoms with E-state index in [4.69, 9.17) is 0 Å².